The molecule has 0 saturated heterocycles. The second-order valence-corrected chi connectivity index (χ2v) is 12.3. The number of hydrogen-bond acceptors (Lipinski definition) is 3. The molecule has 1 aromatic heterocycles. The average Bonchev–Trinajstić information content (AvgIpc) is 3.22. The SMILES string of the molecule is CCCCCCCC(=O)O[C@H]1CC[C@@]2(C)C(=CC[C@@H]3[C@@H]2CC[C@]2(C)C(c4cccnc4)=CC[C@@H]32)C1. The van der Waals surface area contributed by atoms with Crippen LogP contribution < -0.4 is 0 Å². The Morgan fingerprint density at radius 3 is 2.66 bits per heavy atom. The lowest BCUT2D eigenvalue weighted by Gasteiger charge is -2.57. The number of ether oxygens (including phenoxy) is 1. The van der Waals surface area contributed by atoms with Gasteiger partial charge in [0.25, 0.3) is 0 Å². The van der Waals surface area contributed by atoms with Crippen molar-refractivity contribution in [2.75, 3.05) is 0 Å². The summed E-state index contributed by atoms with van der Waals surface area (Å²) in [6.07, 6.45) is 23.7. The lowest BCUT2D eigenvalue weighted by Crippen LogP contribution is -2.50. The van der Waals surface area contributed by atoms with E-state index in [9.17, 15) is 4.79 Å². The first-order valence-electron chi connectivity index (χ1n) is 14.5. The molecule has 0 aromatic carbocycles. The third kappa shape index (κ3) is 4.65. The summed E-state index contributed by atoms with van der Waals surface area (Å²) in [7, 11) is 0. The molecule has 4 aliphatic carbocycles. The molecule has 0 bridgehead atoms. The number of hydrogen-bond donors (Lipinski definition) is 0. The maximum Gasteiger partial charge on any atom is 0.306 e. The number of rotatable bonds is 8. The van der Waals surface area contributed by atoms with E-state index in [0.717, 1.165) is 43.4 Å². The number of aromatic nitrogens is 1. The molecular formula is C32H45NO2. The van der Waals surface area contributed by atoms with Crippen molar-refractivity contribution in [1.82, 2.24) is 4.98 Å². The molecule has 2 fully saturated rings. The van der Waals surface area contributed by atoms with Gasteiger partial charge in [-0.25, -0.2) is 0 Å². The van der Waals surface area contributed by atoms with Crippen LogP contribution in [0, 0.1) is 28.6 Å². The quantitative estimate of drug-likeness (QED) is 0.216. The predicted molar refractivity (Wildman–Crippen MR) is 143 cm³/mol. The van der Waals surface area contributed by atoms with E-state index < -0.39 is 0 Å². The van der Waals surface area contributed by atoms with Gasteiger partial charge in [0.1, 0.15) is 6.10 Å². The number of esters is 1. The topological polar surface area (TPSA) is 39.2 Å². The Bertz CT molecular complexity index is 965. The van der Waals surface area contributed by atoms with E-state index in [4.69, 9.17) is 4.74 Å². The summed E-state index contributed by atoms with van der Waals surface area (Å²) in [4.78, 5) is 16.9. The van der Waals surface area contributed by atoms with E-state index >= 15 is 0 Å². The highest BCUT2D eigenvalue weighted by Gasteiger charge is 2.57. The summed E-state index contributed by atoms with van der Waals surface area (Å²) in [5.41, 5.74) is 5.01. The zero-order chi connectivity index (χ0) is 24.5. The second kappa shape index (κ2) is 10.2. The number of pyridine rings is 1. The number of nitrogens with zero attached hydrogens (tertiary/aromatic N) is 1. The van der Waals surface area contributed by atoms with Gasteiger partial charge in [-0.1, -0.05) is 70.2 Å². The number of unbranched alkanes of at least 4 members (excludes halogenated alkanes) is 4. The molecule has 0 N–H and O–H groups in total. The van der Waals surface area contributed by atoms with Gasteiger partial charge >= 0.3 is 5.97 Å². The fraction of sp³-hybridized carbons (Fsp3) is 0.688. The molecule has 0 aliphatic heterocycles. The van der Waals surface area contributed by atoms with Gasteiger partial charge in [-0.15, -0.1) is 0 Å². The largest absolute Gasteiger partial charge is 0.462 e. The summed E-state index contributed by atoms with van der Waals surface area (Å²) in [6, 6.07) is 4.32. The van der Waals surface area contributed by atoms with Crippen molar-refractivity contribution in [2.24, 2.45) is 28.6 Å². The molecule has 5 rings (SSSR count). The van der Waals surface area contributed by atoms with Crippen molar-refractivity contribution in [3.8, 4) is 0 Å². The summed E-state index contributed by atoms with van der Waals surface area (Å²) < 4.78 is 5.98. The Morgan fingerprint density at radius 2 is 1.86 bits per heavy atom. The van der Waals surface area contributed by atoms with Gasteiger partial charge < -0.3 is 4.74 Å². The van der Waals surface area contributed by atoms with Crippen molar-refractivity contribution < 1.29 is 9.53 Å². The van der Waals surface area contributed by atoms with Gasteiger partial charge in [0.2, 0.25) is 0 Å². The average molecular weight is 476 g/mol. The van der Waals surface area contributed by atoms with E-state index in [-0.39, 0.29) is 22.9 Å². The Balaban J connectivity index is 1.22. The molecule has 4 aliphatic rings. The van der Waals surface area contributed by atoms with Gasteiger partial charge in [0.05, 0.1) is 0 Å². The van der Waals surface area contributed by atoms with Crippen LogP contribution in [0.5, 0.6) is 0 Å². The molecule has 1 aromatic rings. The number of carbonyl (C=O) groups is 1. The molecule has 3 nitrogen and oxygen atoms in total. The van der Waals surface area contributed by atoms with Crippen molar-refractivity contribution in [3.05, 3.63) is 47.8 Å². The van der Waals surface area contributed by atoms with Crippen molar-refractivity contribution >= 4 is 11.5 Å². The third-order valence-electron chi connectivity index (χ3n) is 10.4. The normalized spacial score (nSPS) is 35.9. The highest BCUT2D eigenvalue weighted by Crippen LogP contribution is 2.66. The van der Waals surface area contributed by atoms with Crippen LogP contribution in [-0.2, 0) is 9.53 Å². The summed E-state index contributed by atoms with van der Waals surface area (Å²) in [5, 5.41) is 0. The van der Waals surface area contributed by atoms with Gasteiger partial charge in [0.15, 0.2) is 0 Å². The molecule has 0 unspecified atom stereocenters. The minimum Gasteiger partial charge on any atom is -0.462 e. The monoisotopic (exact) mass is 475 g/mol. The molecule has 1 heterocycles. The van der Waals surface area contributed by atoms with E-state index in [0.29, 0.717) is 6.42 Å². The standard InChI is InChI=1S/C32H45NO2/c1-4-5-6-7-8-11-30(34)35-25-16-18-31(2)24(21-25)12-13-26-28-15-14-27(23-10-9-20-33-22-23)32(28,3)19-17-29(26)31/h9-10,12,14,20,22,25-26,28-29H,4-8,11,13,15-19,21H2,1-3H3/t25-,26-,28-,29-,31-,32+/m0/s1. The number of carbonyl (C=O) groups excluding carboxylic acids is 1. The Hall–Kier alpha value is -1.90. The van der Waals surface area contributed by atoms with E-state index in [1.165, 1.54) is 56.9 Å². The maximum atomic E-state index is 12.5. The lowest BCUT2D eigenvalue weighted by atomic mass is 9.47. The molecule has 2 saturated carbocycles. The van der Waals surface area contributed by atoms with E-state index in [1.807, 2.05) is 6.20 Å². The van der Waals surface area contributed by atoms with Gasteiger partial charge in [-0.2, -0.15) is 0 Å². The van der Waals surface area contributed by atoms with Crippen molar-refractivity contribution in [3.63, 3.8) is 0 Å². The van der Waals surface area contributed by atoms with Crippen LogP contribution in [0.25, 0.3) is 5.57 Å². The second-order valence-electron chi connectivity index (χ2n) is 12.3. The fourth-order valence-corrected chi connectivity index (χ4v) is 8.38. The van der Waals surface area contributed by atoms with Crippen LogP contribution in [0.1, 0.15) is 110 Å². The Labute approximate surface area is 212 Å². The predicted octanol–water partition coefficient (Wildman–Crippen LogP) is 8.31. The lowest BCUT2D eigenvalue weighted by molar-refractivity contribution is -0.151. The molecule has 35 heavy (non-hydrogen) atoms. The molecule has 6 atom stereocenters. The summed E-state index contributed by atoms with van der Waals surface area (Å²) >= 11 is 0. The number of fused-ring (bicyclic) bond motifs is 5. The molecular weight excluding hydrogens is 430 g/mol. The van der Waals surface area contributed by atoms with Gasteiger partial charge in [-0.05, 0) is 90.7 Å². The Morgan fingerprint density at radius 1 is 1.03 bits per heavy atom. The molecule has 0 amide bonds. The zero-order valence-electron chi connectivity index (χ0n) is 22.2. The third-order valence-corrected chi connectivity index (χ3v) is 10.4. The van der Waals surface area contributed by atoms with Gasteiger partial charge in [0, 0.05) is 25.2 Å². The molecule has 190 valence electrons. The van der Waals surface area contributed by atoms with Crippen LogP contribution >= 0.6 is 0 Å². The smallest absolute Gasteiger partial charge is 0.306 e. The van der Waals surface area contributed by atoms with E-state index in [1.54, 1.807) is 11.1 Å². The molecule has 0 radical (unpaired) electrons. The number of allylic oxidation sites excluding steroid dienone is 3. The van der Waals surface area contributed by atoms with E-state index in [2.05, 4.69) is 56.2 Å². The minimum atomic E-state index is 0.0257. The van der Waals surface area contributed by atoms with Crippen LogP contribution in [0.3, 0.4) is 0 Å². The van der Waals surface area contributed by atoms with Crippen molar-refractivity contribution in [2.45, 2.75) is 110 Å². The Kier molecular flexibility index (Phi) is 7.24. The van der Waals surface area contributed by atoms with Crippen LogP contribution in [0.15, 0.2) is 42.3 Å². The minimum absolute atomic E-state index is 0.0257. The first-order chi connectivity index (χ1) is 17.0. The molecule has 3 heteroatoms. The van der Waals surface area contributed by atoms with Gasteiger partial charge in [-0.3, -0.25) is 9.78 Å². The maximum absolute atomic E-state index is 12.5. The van der Waals surface area contributed by atoms with Crippen LogP contribution in [-0.4, -0.2) is 17.1 Å². The van der Waals surface area contributed by atoms with Crippen LogP contribution in [0.4, 0.5) is 0 Å². The first-order valence-corrected chi connectivity index (χ1v) is 14.5. The highest BCUT2D eigenvalue weighted by molar-refractivity contribution is 5.72. The first kappa shape index (κ1) is 24.8. The fourth-order valence-electron chi connectivity index (χ4n) is 8.38. The zero-order valence-corrected chi connectivity index (χ0v) is 22.2. The highest BCUT2D eigenvalue weighted by atomic mass is 16.5. The van der Waals surface area contributed by atoms with Crippen LogP contribution in [0.2, 0.25) is 0 Å². The molecule has 0 spiro atoms. The summed E-state index contributed by atoms with van der Waals surface area (Å²) in [5.74, 6) is 2.28. The van der Waals surface area contributed by atoms with Crippen molar-refractivity contribution in [1.29, 1.82) is 0 Å². The summed E-state index contributed by atoms with van der Waals surface area (Å²) in [6.45, 7) is 7.29.